The van der Waals surface area contributed by atoms with Crippen molar-refractivity contribution in [1.29, 1.82) is 0 Å². The number of hydrogen-bond donors (Lipinski definition) is 4. The van der Waals surface area contributed by atoms with Crippen molar-refractivity contribution >= 4 is 33.6 Å². The van der Waals surface area contributed by atoms with Crippen molar-refractivity contribution in [3.8, 4) is 5.75 Å². The van der Waals surface area contributed by atoms with E-state index in [-0.39, 0.29) is 0 Å². The van der Waals surface area contributed by atoms with Gasteiger partial charge in [-0.2, -0.15) is 0 Å². The van der Waals surface area contributed by atoms with E-state index in [2.05, 4.69) is 26.6 Å². The molecule has 0 bridgehead atoms. The summed E-state index contributed by atoms with van der Waals surface area (Å²) in [7, 11) is 1.51. The fourth-order valence-electron chi connectivity index (χ4n) is 1.26. The molecule has 0 aliphatic carbocycles. The number of rotatable bonds is 5. The fourth-order valence-corrected chi connectivity index (χ4v) is 1.80. The van der Waals surface area contributed by atoms with Crippen LogP contribution >= 0.6 is 15.9 Å². The SMILES string of the molecule is COc1ccc(NC(=O)NC(CO)C(=O)O)cc1Br. The highest BCUT2D eigenvalue weighted by Gasteiger charge is 2.18. The minimum absolute atomic E-state index is 0.451. The van der Waals surface area contributed by atoms with E-state index in [1.807, 2.05) is 0 Å². The minimum atomic E-state index is -1.35. The highest BCUT2D eigenvalue weighted by Crippen LogP contribution is 2.27. The van der Waals surface area contributed by atoms with E-state index in [0.29, 0.717) is 15.9 Å². The number of carboxylic acids is 1. The molecule has 104 valence electrons. The van der Waals surface area contributed by atoms with Crippen molar-refractivity contribution in [3.05, 3.63) is 22.7 Å². The van der Waals surface area contributed by atoms with E-state index < -0.39 is 24.6 Å². The van der Waals surface area contributed by atoms with Crippen LogP contribution in [0.1, 0.15) is 0 Å². The normalized spacial score (nSPS) is 11.5. The summed E-state index contributed by atoms with van der Waals surface area (Å²) in [4.78, 5) is 22.1. The van der Waals surface area contributed by atoms with Crippen molar-refractivity contribution in [2.75, 3.05) is 19.0 Å². The van der Waals surface area contributed by atoms with Gasteiger partial charge in [-0.1, -0.05) is 0 Å². The molecule has 7 nitrogen and oxygen atoms in total. The number of methoxy groups -OCH3 is 1. The first-order valence-electron chi connectivity index (χ1n) is 5.22. The van der Waals surface area contributed by atoms with E-state index in [9.17, 15) is 9.59 Å². The van der Waals surface area contributed by atoms with E-state index in [4.69, 9.17) is 14.9 Å². The van der Waals surface area contributed by atoms with Gasteiger partial charge in [0.15, 0.2) is 6.04 Å². The molecule has 1 atom stereocenters. The predicted molar refractivity (Wildman–Crippen MR) is 71.4 cm³/mol. The maximum Gasteiger partial charge on any atom is 0.328 e. The lowest BCUT2D eigenvalue weighted by Crippen LogP contribution is -2.45. The molecule has 0 saturated carbocycles. The summed E-state index contributed by atoms with van der Waals surface area (Å²) < 4.78 is 5.68. The molecule has 4 N–H and O–H groups in total. The van der Waals surface area contributed by atoms with E-state index >= 15 is 0 Å². The van der Waals surface area contributed by atoms with Crippen molar-refractivity contribution in [3.63, 3.8) is 0 Å². The van der Waals surface area contributed by atoms with Gasteiger partial charge in [0.25, 0.3) is 0 Å². The quantitative estimate of drug-likeness (QED) is 0.644. The van der Waals surface area contributed by atoms with Gasteiger partial charge in [-0.3, -0.25) is 0 Å². The molecule has 1 aromatic carbocycles. The van der Waals surface area contributed by atoms with Crippen LogP contribution in [0.2, 0.25) is 0 Å². The maximum absolute atomic E-state index is 11.5. The molecule has 0 spiro atoms. The number of carboxylic acid groups (broad SMARTS) is 1. The van der Waals surface area contributed by atoms with E-state index in [1.165, 1.54) is 7.11 Å². The molecule has 8 heteroatoms. The van der Waals surface area contributed by atoms with Gasteiger partial charge < -0.3 is 25.6 Å². The maximum atomic E-state index is 11.5. The standard InChI is InChI=1S/C11H13BrN2O5/c1-19-9-3-2-6(4-7(9)12)13-11(18)14-8(5-15)10(16)17/h2-4,8,15H,5H2,1H3,(H,16,17)(H2,13,14,18). The first kappa shape index (κ1) is 15.3. The first-order valence-corrected chi connectivity index (χ1v) is 6.02. The summed E-state index contributed by atoms with van der Waals surface area (Å²) in [5.74, 6) is -0.710. The number of carbonyl (C=O) groups is 2. The zero-order valence-corrected chi connectivity index (χ0v) is 11.6. The summed E-state index contributed by atoms with van der Waals surface area (Å²) in [6, 6.07) is 2.77. The van der Waals surface area contributed by atoms with Crippen LogP contribution in [-0.2, 0) is 4.79 Å². The van der Waals surface area contributed by atoms with E-state index in [1.54, 1.807) is 18.2 Å². The highest BCUT2D eigenvalue weighted by atomic mass is 79.9. The first-order chi connectivity index (χ1) is 8.97. The molecule has 0 aromatic heterocycles. The number of benzene rings is 1. The molecule has 0 aliphatic heterocycles. The number of halogens is 1. The third-order valence-corrected chi connectivity index (χ3v) is 2.82. The second-order valence-electron chi connectivity index (χ2n) is 3.52. The van der Waals surface area contributed by atoms with Gasteiger partial charge in [-0.05, 0) is 34.1 Å². The monoisotopic (exact) mass is 332 g/mol. The van der Waals surface area contributed by atoms with Crippen LogP contribution in [0.3, 0.4) is 0 Å². The Hall–Kier alpha value is -1.80. The lowest BCUT2D eigenvalue weighted by Gasteiger charge is -2.13. The van der Waals surface area contributed by atoms with Crippen LogP contribution in [0.15, 0.2) is 22.7 Å². The Morgan fingerprint density at radius 2 is 2.16 bits per heavy atom. The molecular weight excluding hydrogens is 320 g/mol. The molecular formula is C11H13BrN2O5. The second kappa shape index (κ2) is 6.95. The average Bonchev–Trinajstić information content (AvgIpc) is 2.35. The van der Waals surface area contributed by atoms with Crippen LogP contribution < -0.4 is 15.4 Å². The fraction of sp³-hybridized carbons (Fsp3) is 0.273. The number of aliphatic hydroxyl groups is 1. The summed E-state index contributed by atoms with van der Waals surface area (Å²) in [5.41, 5.74) is 0.451. The summed E-state index contributed by atoms with van der Waals surface area (Å²) in [5, 5.41) is 22.0. The van der Waals surface area contributed by atoms with Crippen LogP contribution in [0.4, 0.5) is 10.5 Å². The third-order valence-electron chi connectivity index (χ3n) is 2.20. The molecule has 0 heterocycles. The largest absolute Gasteiger partial charge is 0.496 e. The summed E-state index contributed by atoms with van der Waals surface area (Å²) in [6.45, 7) is -0.685. The van der Waals surface area contributed by atoms with Crippen molar-refractivity contribution in [2.45, 2.75) is 6.04 Å². The number of aliphatic hydroxyl groups excluding tert-OH is 1. The van der Waals surface area contributed by atoms with Gasteiger partial charge in [0.1, 0.15) is 5.75 Å². The van der Waals surface area contributed by atoms with Gasteiger partial charge in [0.05, 0.1) is 18.2 Å². The Morgan fingerprint density at radius 1 is 1.47 bits per heavy atom. The topological polar surface area (TPSA) is 108 Å². The van der Waals surface area contributed by atoms with Crippen LogP contribution in [0, 0.1) is 0 Å². The minimum Gasteiger partial charge on any atom is -0.496 e. The van der Waals surface area contributed by atoms with Crippen LogP contribution in [0.5, 0.6) is 5.75 Å². The molecule has 2 amide bonds. The molecule has 0 aliphatic rings. The molecule has 1 unspecified atom stereocenters. The van der Waals surface area contributed by atoms with Crippen molar-refractivity contribution in [2.24, 2.45) is 0 Å². The Kier molecular flexibility index (Phi) is 5.58. The number of nitrogens with one attached hydrogen (secondary N) is 2. The van der Waals surface area contributed by atoms with Gasteiger partial charge in [0, 0.05) is 5.69 Å². The van der Waals surface area contributed by atoms with Gasteiger partial charge >= 0.3 is 12.0 Å². The lowest BCUT2D eigenvalue weighted by atomic mass is 10.3. The number of urea groups is 1. The number of hydrogen-bond acceptors (Lipinski definition) is 4. The average molecular weight is 333 g/mol. The summed E-state index contributed by atoms with van der Waals surface area (Å²) in [6.07, 6.45) is 0. The Morgan fingerprint density at radius 3 is 2.63 bits per heavy atom. The molecule has 0 radical (unpaired) electrons. The van der Waals surface area contributed by atoms with E-state index in [0.717, 1.165) is 0 Å². The van der Waals surface area contributed by atoms with Gasteiger partial charge in [0.2, 0.25) is 0 Å². The van der Waals surface area contributed by atoms with Crippen molar-refractivity contribution < 1.29 is 24.5 Å². The predicted octanol–water partition coefficient (Wildman–Crippen LogP) is 1.02. The third kappa shape index (κ3) is 4.42. The molecule has 0 saturated heterocycles. The molecule has 0 fully saturated rings. The zero-order valence-electron chi connectivity index (χ0n) is 10.0. The highest BCUT2D eigenvalue weighted by molar-refractivity contribution is 9.10. The molecule has 1 aromatic rings. The van der Waals surface area contributed by atoms with Gasteiger partial charge in [-0.15, -0.1) is 0 Å². The van der Waals surface area contributed by atoms with Crippen LogP contribution in [0.25, 0.3) is 0 Å². The number of carbonyl (C=O) groups excluding carboxylic acids is 1. The molecule has 19 heavy (non-hydrogen) atoms. The number of aliphatic carboxylic acids is 1. The smallest absolute Gasteiger partial charge is 0.328 e. The Labute approximate surface area is 117 Å². The van der Waals surface area contributed by atoms with Crippen molar-refractivity contribution in [1.82, 2.24) is 5.32 Å². The summed E-state index contributed by atoms with van der Waals surface area (Å²) >= 11 is 3.25. The van der Waals surface area contributed by atoms with Gasteiger partial charge in [-0.25, -0.2) is 9.59 Å². The molecule has 1 rings (SSSR count). The Bertz CT molecular complexity index is 480. The lowest BCUT2D eigenvalue weighted by molar-refractivity contribution is -0.140. The number of amides is 2. The van der Waals surface area contributed by atoms with Crippen LogP contribution in [-0.4, -0.2) is 42.0 Å². The Balaban J connectivity index is 2.67. The second-order valence-corrected chi connectivity index (χ2v) is 4.38. The zero-order chi connectivity index (χ0) is 14.4. The number of ether oxygens (including phenoxy) is 1. The number of anilines is 1.